The van der Waals surface area contributed by atoms with Gasteiger partial charge < -0.3 is 0 Å². The van der Waals surface area contributed by atoms with Gasteiger partial charge >= 0.3 is 156 Å². The molecule has 0 unspecified atom stereocenters. The van der Waals surface area contributed by atoms with E-state index in [-0.39, 0.29) is 0 Å². The molecule has 3 rings (SSSR count). The van der Waals surface area contributed by atoms with Crippen LogP contribution in [0.1, 0.15) is 23.6 Å². The summed E-state index contributed by atoms with van der Waals surface area (Å²) in [4.78, 5) is 0. The molecule has 0 aromatic heterocycles. The second-order valence-corrected chi connectivity index (χ2v) is 15.2. The van der Waals surface area contributed by atoms with Crippen molar-refractivity contribution in [3.63, 3.8) is 0 Å². The van der Waals surface area contributed by atoms with Gasteiger partial charge in [0.15, 0.2) is 0 Å². The minimum atomic E-state index is -2.52. The molecule has 0 nitrogen and oxygen atoms in total. The molecule has 3 aromatic rings. The topological polar surface area (TPSA) is 0 Å². The zero-order valence-corrected chi connectivity index (χ0v) is 16.5. The van der Waals surface area contributed by atoms with E-state index in [0.717, 1.165) is 24.6 Å². The second kappa shape index (κ2) is 7.73. The molecule has 0 saturated heterocycles. The molecule has 3 aromatic carbocycles. The van der Waals surface area contributed by atoms with Crippen molar-refractivity contribution in [1.82, 2.24) is 0 Å². The number of halogens is 1. The summed E-state index contributed by atoms with van der Waals surface area (Å²) in [5.41, 5.74) is 4.05. The van der Waals surface area contributed by atoms with Crippen molar-refractivity contribution in [1.29, 1.82) is 0 Å². The Hall–Kier alpha value is -1.62. The summed E-state index contributed by atoms with van der Waals surface area (Å²) >= 11 is 7.72. The monoisotopic (exact) mass is 368 g/mol. The van der Waals surface area contributed by atoms with E-state index in [0.29, 0.717) is 0 Å². The van der Waals surface area contributed by atoms with Gasteiger partial charge in [0.1, 0.15) is 0 Å². The summed E-state index contributed by atoms with van der Waals surface area (Å²) in [6, 6.07) is 32.3. The van der Waals surface area contributed by atoms with Crippen molar-refractivity contribution in [3.05, 3.63) is 108 Å². The van der Waals surface area contributed by atoms with Crippen LogP contribution in [-0.4, -0.2) is 6.16 Å². The van der Waals surface area contributed by atoms with E-state index in [1.807, 2.05) is 0 Å². The van der Waals surface area contributed by atoms with Crippen molar-refractivity contribution in [3.8, 4) is 0 Å². The van der Waals surface area contributed by atoms with E-state index in [1.165, 1.54) is 16.7 Å². The summed E-state index contributed by atoms with van der Waals surface area (Å²) in [6.45, 7) is 2.28. The molecule has 0 fully saturated rings. The van der Waals surface area contributed by atoms with Crippen LogP contribution in [0, 0.1) is 0 Å². The first kappa shape index (κ1) is 18.2. The summed E-state index contributed by atoms with van der Waals surface area (Å²) in [5, 5.41) is 0. The Balaban J connectivity index is 2.01. The maximum atomic E-state index is 7.72. The summed E-state index contributed by atoms with van der Waals surface area (Å²) < 4.78 is 0. The van der Waals surface area contributed by atoms with Gasteiger partial charge in [0, 0.05) is 0 Å². The molecular weight excluding hydrogens is 343 g/mol. The van der Waals surface area contributed by atoms with Gasteiger partial charge in [-0.2, -0.15) is 0 Å². The van der Waals surface area contributed by atoms with E-state index < -0.39 is 5.96 Å². The van der Waals surface area contributed by atoms with Crippen LogP contribution in [0.15, 0.2) is 91.0 Å². The van der Waals surface area contributed by atoms with Crippen LogP contribution in [0.25, 0.3) is 0 Å². The summed E-state index contributed by atoms with van der Waals surface area (Å²) in [7, 11) is 0. The molecule has 2 heteroatoms. The summed E-state index contributed by atoms with van der Waals surface area (Å²) in [5.74, 6) is -2.52. The Morgan fingerprint density at radius 3 is 1.08 bits per heavy atom. The van der Waals surface area contributed by atoms with Crippen molar-refractivity contribution < 1.29 is 0 Å². The maximum absolute atomic E-state index is 7.72. The Bertz CT molecular complexity index is 680. The molecular formula is C23H26ClP. The molecule has 0 saturated carbocycles. The first-order chi connectivity index (χ1) is 12.1. The van der Waals surface area contributed by atoms with Crippen LogP contribution >= 0.6 is 17.2 Å². The average Bonchev–Trinajstić information content (AvgIpc) is 2.64. The number of benzene rings is 3. The van der Waals surface area contributed by atoms with E-state index >= 15 is 0 Å². The van der Waals surface area contributed by atoms with Crippen molar-refractivity contribution in [2.24, 2.45) is 0 Å². The third-order valence-corrected chi connectivity index (χ3v) is 11.9. The van der Waals surface area contributed by atoms with Crippen LogP contribution in [-0.2, 0) is 18.5 Å². The van der Waals surface area contributed by atoms with E-state index in [2.05, 4.69) is 97.9 Å². The Morgan fingerprint density at radius 1 is 0.560 bits per heavy atom. The van der Waals surface area contributed by atoms with Crippen molar-refractivity contribution in [2.45, 2.75) is 25.4 Å². The molecule has 0 aliphatic rings. The Labute approximate surface area is 156 Å². The number of rotatable bonds is 7. The quantitative estimate of drug-likeness (QED) is 0.383. The predicted molar refractivity (Wildman–Crippen MR) is 114 cm³/mol. The van der Waals surface area contributed by atoms with E-state index in [9.17, 15) is 0 Å². The summed E-state index contributed by atoms with van der Waals surface area (Å²) in [6.07, 6.45) is 3.97. The van der Waals surface area contributed by atoms with Crippen LogP contribution in [0.2, 0.25) is 0 Å². The Kier molecular flexibility index (Phi) is 5.62. The number of hydrogen-bond donors (Lipinski definition) is 0. The minimum absolute atomic E-state index is 0.980. The second-order valence-electron chi connectivity index (χ2n) is 7.07. The first-order valence-corrected chi connectivity index (χ1v) is 12.8. The van der Waals surface area contributed by atoms with E-state index in [1.54, 1.807) is 0 Å². The van der Waals surface area contributed by atoms with Gasteiger partial charge in [-0.1, -0.05) is 0 Å². The van der Waals surface area contributed by atoms with Gasteiger partial charge in [-0.25, -0.2) is 0 Å². The zero-order chi connectivity index (χ0) is 17.6. The van der Waals surface area contributed by atoms with Gasteiger partial charge in [0.25, 0.3) is 0 Å². The molecule has 0 atom stereocenters. The average molecular weight is 369 g/mol. The van der Waals surface area contributed by atoms with Crippen LogP contribution in [0.4, 0.5) is 0 Å². The number of hydrogen-bond acceptors (Lipinski definition) is 0. The standard InChI is InChI=1S/C23H26ClP/c1-2-25(24,18-21-12-6-3-7-13-21,19-22-14-8-4-9-15-22)20-23-16-10-5-11-17-23/h3-17H,2,18-20H2,1H3. The van der Waals surface area contributed by atoms with Crippen LogP contribution in [0.3, 0.4) is 0 Å². The van der Waals surface area contributed by atoms with Crippen LogP contribution in [0.5, 0.6) is 0 Å². The van der Waals surface area contributed by atoms with Gasteiger partial charge in [0.2, 0.25) is 0 Å². The predicted octanol–water partition coefficient (Wildman–Crippen LogP) is 7.31. The molecule has 130 valence electrons. The fourth-order valence-electron chi connectivity index (χ4n) is 3.62. The van der Waals surface area contributed by atoms with Gasteiger partial charge in [-0.05, 0) is 0 Å². The molecule has 0 heterocycles. The normalized spacial score (nSPS) is 13.1. The fourth-order valence-corrected chi connectivity index (χ4v) is 9.24. The third-order valence-electron chi connectivity index (χ3n) is 5.05. The zero-order valence-electron chi connectivity index (χ0n) is 14.8. The van der Waals surface area contributed by atoms with Gasteiger partial charge in [-0.15, -0.1) is 0 Å². The van der Waals surface area contributed by atoms with Crippen molar-refractivity contribution >= 4 is 17.2 Å². The third kappa shape index (κ3) is 4.72. The first-order valence-electron chi connectivity index (χ1n) is 8.93. The molecule has 0 amide bonds. The molecule has 0 bridgehead atoms. The van der Waals surface area contributed by atoms with E-state index in [4.69, 9.17) is 11.2 Å². The van der Waals surface area contributed by atoms with Crippen molar-refractivity contribution in [2.75, 3.05) is 6.16 Å². The molecule has 0 N–H and O–H groups in total. The Morgan fingerprint density at radius 2 is 0.840 bits per heavy atom. The van der Waals surface area contributed by atoms with Gasteiger partial charge in [-0.3, -0.25) is 0 Å². The molecule has 0 spiro atoms. The fraction of sp³-hybridized carbons (Fsp3) is 0.217. The molecule has 0 aliphatic carbocycles. The molecule has 0 aliphatic heterocycles. The SMILES string of the molecule is CCP(Cl)(Cc1ccccc1)(Cc1ccccc1)Cc1ccccc1. The van der Waals surface area contributed by atoms with Crippen LogP contribution < -0.4 is 0 Å². The molecule has 25 heavy (non-hydrogen) atoms. The van der Waals surface area contributed by atoms with Gasteiger partial charge in [0.05, 0.1) is 0 Å². The molecule has 0 radical (unpaired) electrons.